The summed E-state index contributed by atoms with van der Waals surface area (Å²) in [5, 5.41) is 6.23. The van der Waals surface area contributed by atoms with Crippen LogP contribution in [0.25, 0.3) is 0 Å². The first-order valence-electron chi connectivity index (χ1n) is 11.5. The van der Waals surface area contributed by atoms with Gasteiger partial charge in [-0.25, -0.2) is 0 Å². The lowest BCUT2D eigenvalue weighted by Gasteiger charge is -2.24. The Morgan fingerprint density at radius 2 is 1.55 bits per heavy atom. The Labute approximate surface area is 210 Å². The first-order chi connectivity index (χ1) is 15.1. The molecule has 0 amide bonds. The normalized spacial score (nSPS) is 11.2. The highest BCUT2D eigenvalue weighted by atomic mass is 32.1. The quantitative estimate of drug-likeness (QED) is 0.288. The summed E-state index contributed by atoms with van der Waals surface area (Å²) in [6.45, 7) is 18.6. The summed E-state index contributed by atoms with van der Waals surface area (Å²) >= 11 is 9.86. The maximum absolute atomic E-state index is 11.5. The van der Waals surface area contributed by atoms with Crippen LogP contribution in [0.3, 0.4) is 0 Å². The van der Waals surface area contributed by atoms with Crippen molar-refractivity contribution in [1.82, 2.24) is 4.90 Å². The minimum absolute atomic E-state index is 0. The summed E-state index contributed by atoms with van der Waals surface area (Å²) < 4.78 is 6.46. The van der Waals surface area contributed by atoms with E-state index in [1.165, 1.54) is 18.9 Å². The molecular weight excluding hydrogens is 454 g/mol. The van der Waals surface area contributed by atoms with Gasteiger partial charge in [0.2, 0.25) is 10.9 Å². The van der Waals surface area contributed by atoms with E-state index < -0.39 is 0 Å². The Hall–Kier alpha value is -1.48. The molecule has 0 aliphatic carbocycles. The van der Waals surface area contributed by atoms with Gasteiger partial charge in [-0.15, -0.1) is 0 Å². The monoisotopic (exact) mass is 497 g/mol. The molecule has 0 fully saturated rings. The molecule has 2 aromatic rings. The molecule has 0 saturated carbocycles. The largest absolute Gasteiger partial charge is 0.384 e. The van der Waals surface area contributed by atoms with Crippen LogP contribution >= 0.6 is 24.4 Å². The molecule has 0 spiro atoms. The molecule has 0 unspecified atom stereocenters. The van der Waals surface area contributed by atoms with Crippen LogP contribution in [0.5, 0.6) is 0 Å². The highest BCUT2D eigenvalue weighted by Gasteiger charge is 2.27. The number of nitrogens with zero attached hydrogens (tertiary/aromatic N) is 1. The van der Waals surface area contributed by atoms with Gasteiger partial charge in [0.05, 0.1) is 24.6 Å². The van der Waals surface area contributed by atoms with Crippen LogP contribution in [0.1, 0.15) is 67.4 Å². The maximum atomic E-state index is 11.5. The van der Waals surface area contributed by atoms with Crippen LogP contribution in [0, 0.1) is 9.02 Å². The molecule has 0 aromatic heterocycles. The van der Waals surface area contributed by atoms with Crippen molar-refractivity contribution in [3.63, 3.8) is 0 Å². The van der Waals surface area contributed by atoms with Crippen LogP contribution in [0.15, 0.2) is 15.7 Å². The van der Waals surface area contributed by atoms with E-state index in [2.05, 4.69) is 29.4 Å². The molecule has 0 aliphatic heterocycles. The van der Waals surface area contributed by atoms with E-state index in [1.54, 1.807) is 0 Å². The average Bonchev–Trinajstić information content (AvgIpc) is 2.74. The van der Waals surface area contributed by atoms with E-state index in [0.717, 1.165) is 49.7 Å². The number of hydrogen-bond acceptors (Lipinski definition) is 8. The van der Waals surface area contributed by atoms with Gasteiger partial charge >= 0.3 is 0 Å². The third-order valence-corrected chi connectivity index (χ3v) is 5.76. The summed E-state index contributed by atoms with van der Waals surface area (Å²) in [5.41, 5.74) is 2.40. The molecule has 33 heavy (non-hydrogen) atoms. The van der Waals surface area contributed by atoms with Crippen molar-refractivity contribution < 1.29 is 4.74 Å². The minimum Gasteiger partial charge on any atom is -0.384 e. The zero-order valence-electron chi connectivity index (χ0n) is 20.4. The molecule has 0 saturated heterocycles. The van der Waals surface area contributed by atoms with E-state index >= 15 is 0 Å². The third kappa shape index (κ3) is 9.73. The zero-order valence-corrected chi connectivity index (χ0v) is 22.1. The van der Waals surface area contributed by atoms with Crippen molar-refractivity contribution in [3.05, 3.63) is 41.1 Å². The summed E-state index contributed by atoms with van der Waals surface area (Å²) in [7, 11) is 0. The van der Waals surface area contributed by atoms with Crippen molar-refractivity contribution in [1.29, 1.82) is 0 Å². The molecule has 6 nitrogen and oxygen atoms in total. The van der Waals surface area contributed by atoms with Crippen LogP contribution < -0.4 is 21.5 Å². The Kier molecular flexibility index (Phi) is 14.7. The fourth-order valence-electron chi connectivity index (χ4n) is 3.42. The van der Waals surface area contributed by atoms with Crippen molar-refractivity contribution in [2.24, 2.45) is 0 Å². The highest BCUT2D eigenvalue weighted by Crippen LogP contribution is 2.29. The van der Waals surface area contributed by atoms with Crippen molar-refractivity contribution in [3.8, 4) is 0 Å². The SMILES string of the molecule is C.CCCN(CCC)CCOCCNc1cc(=O)c1=S.CCNc1c(C(C)(C)C)c(=O)c1=S. The number of hydrogen-bond donors (Lipinski definition) is 2. The molecule has 0 radical (unpaired) electrons. The van der Waals surface area contributed by atoms with Gasteiger partial charge < -0.3 is 20.3 Å². The van der Waals surface area contributed by atoms with E-state index in [-0.39, 0.29) is 23.7 Å². The maximum Gasteiger partial charge on any atom is 0.204 e. The van der Waals surface area contributed by atoms with Gasteiger partial charge in [-0.3, -0.25) is 9.59 Å². The fourth-order valence-corrected chi connectivity index (χ4v) is 3.89. The van der Waals surface area contributed by atoms with Crippen LogP contribution in [-0.2, 0) is 10.2 Å². The number of nitrogens with one attached hydrogen (secondary N) is 2. The number of anilines is 2. The molecule has 0 aliphatic rings. The summed E-state index contributed by atoms with van der Waals surface area (Å²) in [4.78, 5) is 24.8. The third-order valence-electron chi connectivity index (χ3n) is 4.95. The fraction of sp³-hybridized carbons (Fsp3) is 0.680. The molecule has 0 atom stereocenters. The summed E-state index contributed by atoms with van der Waals surface area (Å²) in [6.07, 6.45) is 2.36. The topological polar surface area (TPSA) is 70.7 Å². The standard InChI is InChI=1S/C14H24N2O2S.C10H15NOS.CH4/c1-3-6-16(7-4-2)8-10-18-9-5-15-12-11-13(17)14(12)19;1-5-11-7-6(10(2,3)4)8(12)9(7)13;/h11,15H,3-10H2,1-2H3;11H,5H2,1-4H3;1H4. The lowest BCUT2D eigenvalue weighted by molar-refractivity contribution is 0.111. The second-order valence-electron chi connectivity index (χ2n) is 8.82. The highest BCUT2D eigenvalue weighted by molar-refractivity contribution is 7.71. The van der Waals surface area contributed by atoms with Gasteiger partial charge in [0.1, 0.15) is 9.02 Å². The number of ether oxygens (including phenoxy) is 1. The average molecular weight is 498 g/mol. The molecule has 0 bridgehead atoms. The Morgan fingerprint density at radius 3 is 2.00 bits per heavy atom. The van der Waals surface area contributed by atoms with Crippen molar-refractivity contribution in [2.75, 3.05) is 56.6 Å². The summed E-state index contributed by atoms with van der Waals surface area (Å²) in [5.74, 6) is 0. The molecule has 8 heteroatoms. The van der Waals surface area contributed by atoms with Crippen LogP contribution in [0.2, 0.25) is 0 Å². The molecule has 2 N–H and O–H groups in total. The van der Waals surface area contributed by atoms with Gasteiger partial charge in [-0.05, 0) is 38.3 Å². The van der Waals surface area contributed by atoms with Crippen molar-refractivity contribution >= 4 is 35.8 Å². The second kappa shape index (κ2) is 15.4. The zero-order chi connectivity index (χ0) is 24.3. The van der Waals surface area contributed by atoms with E-state index in [1.807, 2.05) is 27.7 Å². The molecular formula is C25H43N3O3S2. The van der Waals surface area contributed by atoms with Gasteiger partial charge in [0.25, 0.3) is 0 Å². The van der Waals surface area contributed by atoms with Gasteiger partial charge in [-0.2, -0.15) is 0 Å². The van der Waals surface area contributed by atoms with E-state index in [0.29, 0.717) is 22.2 Å². The van der Waals surface area contributed by atoms with Gasteiger partial charge in [-0.1, -0.05) is 66.5 Å². The molecule has 188 valence electrons. The Balaban J connectivity index is 0.000000642. The van der Waals surface area contributed by atoms with Crippen LogP contribution in [-0.4, -0.2) is 50.8 Å². The molecule has 2 aromatic carbocycles. The number of rotatable bonds is 13. The van der Waals surface area contributed by atoms with E-state index in [4.69, 9.17) is 29.2 Å². The molecule has 0 heterocycles. The lowest BCUT2D eigenvalue weighted by Crippen LogP contribution is -2.30. The van der Waals surface area contributed by atoms with Crippen LogP contribution in [0.4, 0.5) is 11.4 Å². The minimum atomic E-state index is -0.100. The van der Waals surface area contributed by atoms with E-state index in [9.17, 15) is 9.59 Å². The van der Waals surface area contributed by atoms with Gasteiger partial charge in [0, 0.05) is 31.3 Å². The Bertz CT molecular complexity index is 959. The smallest absolute Gasteiger partial charge is 0.204 e. The summed E-state index contributed by atoms with van der Waals surface area (Å²) in [6, 6.07) is 1.53. The van der Waals surface area contributed by atoms with Gasteiger partial charge in [0.15, 0.2) is 0 Å². The molecule has 2 rings (SSSR count). The Morgan fingerprint density at radius 1 is 0.939 bits per heavy atom. The van der Waals surface area contributed by atoms with Crippen molar-refractivity contribution in [2.45, 2.75) is 67.2 Å². The first kappa shape index (κ1) is 31.5. The predicted molar refractivity (Wildman–Crippen MR) is 148 cm³/mol. The second-order valence-corrected chi connectivity index (χ2v) is 9.64. The predicted octanol–water partition coefficient (Wildman–Crippen LogP) is 5.22. The first-order valence-corrected chi connectivity index (χ1v) is 12.3. The lowest BCUT2D eigenvalue weighted by atomic mass is 9.83.